The Balaban J connectivity index is 1.50. The fourth-order valence-corrected chi connectivity index (χ4v) is 4.23. The fraction of sp³-hybridized carbons (Fsp3) is 0.556. The third kappa shape index (κ3) is 3.92. The highest BCUT2D eigenvalue weighted by molar-refractivity contribution is 7.99. The average Bonchev–Trinajstić information content (AvgIpc) is 3.26. The van der Waals surface area contributed by atoms with E-state index in [-0.39, 0.29) is 17.9 Å². The molecule has 0 saturated carbocycles. The average molecular weight is 347 g/mol. The smallest absolute Gasteiger partial charge is 0.251 e. The minimum atomic E-state index is -0.0914. The lowest BCUT2D eigenvalue weighted by Gasteiger charge is -2.19. The number of nitrogens with one attached hydrogen (secondary N) is 2. The summed E-state index contributed by atoms with van der Waals surface area (Å²) in [6, 6.07) is 5.82. The highest BCUT2D eigenvalue weighted by Gasteiger charge is 2.33. The topological polar surface area (TPSA) is 61.4 Å². The number of carbonyl (C=O) groups excluding carboxylic acids is 2. The lowest BCUT2D eigenvalue weighted by molar-refractivity contribution is -0.131. The number of benzene rings is 1. The van der Waals surface area contributed by atoms with Gasteiger partial charge in [-0.1, -0.05) is 17.7 Å². The van der Waals surface area contributed by atoms with Gasteiger partial charge in [-0.15, -0.1) is 11.8 Å². The van der Waals surface area contributed by atoms with Crippen molar-refractivity contribution in [2.45, 2.75) is 26.3 Å². The molecule has 130 valence electrons. The quantitative estimate of drug-likeness (QED) is 0.867. The number of carbonyl (C=O) groups is 2. The molecule has 0 aromatic heterocycles. The van der Waals surface area contributed by atoms with Crippen LogP contribution in [-0.2, 0) is 4.79 Å². The molecule has 1 aromatic carbocycles. The number of aryl methyl sites for hydroxylation is 2. The number of amides is 2. The Morgan fingerprint density at radius 2 is 2.21 bits per heavy atom. The molecule has 2 N–H and O–H groups in total. The zero-order valence-corrected chi connectivity index (χ0v) is 15.1. The molecule has 0 unspecified atom stereocenters. The summed E-state index contributed by atoms with van der Waals surface area (Å²) in [5.74, 6) is 2.34. The third-order valence-electron chi connectivity index (χ3n) is 4.77. The van der Waals surface area contributed by atoms with E-state index in [1.165, 1.54) is 0 Å². The van der Waals surface area contributed by atoms with Gasteiger partial charge in [-0.05, 0) is 37.8 Å². The minimum absolute atomic E-state index is 0.0260. The summed E-state index contributed by atoms with van der Waals surface area (Å²) >= 11 is 1.80. The molecule has 2 aliphatic heterocycles. The molecule has 2 heterocycles. The highest BCUT2D eigenvalue weighted by Crippen LogP contribution is 2.20. The van der Waals surface area contributed by atoms with E-state index in [1.54, 1.807) is 11.8 Å². The van der Waals surface area contributed by atoms with Gasteiger partial charge >= 0.3 is 0 Å². The van der Waals surface area contributed by atoms with Crippen LogP contribution in [0.5, 0.6) is 0 Å². The lowest BCUT2D eigenvalue weighted by Crippen LogP contribution is -2.42. The molecule has 5 nitrogen and oxygen atoms in total. The van der Waals surface area contributed by atoms with Gasteiger partial charge < -0.3 is 15.5 Å². The predicted molar refractivity (Wildman–Crippen MR) is 97.2 cm³/mol. The molecule has 2 aliphatic rings. The summed E-state index contributed by atoms with van der Waals surface area (Å²) in [6.45, 7) is 6.19. The van der Waals surface area contributed by atoms with E-state index in [4.69, 9.17) is 0 Å². The summed E-state index contributed by atoms with van der Waals surface area (Å²) in [5.41, 5.74) is 2.81. The Hall–Kier alpha value is -1.53. The molecular weight excluding hydrogens is 322 g/mol. The van der Waals surface area contributed by atoms with Crippen molar-refractivity contribution in [1.82, 2.24) is 15.5 Å². The molecule has 2 atom stereocenters. The molecule has 0 spiro atoms. The predicted octanol–water partition coefficient (Wildman–Crippen LogP) is 1.54. The second-order valence-electron chi connectivity index (χ2n) is 6.73. The maximum atomic E-state index is 12.4. The lowest BCUT2D eigenvalue weighted by atomic mass is 10.0. The Kier molecular flexibility index (Phi) is 5.46. The van der Waals surface area contributed by atoms with E-state index in [9.17, 15) is 9.59 Å². The van der Waals surface area contributed by atoms with Crippen molar-refractivity contribution in [3.8, 4) is 0 Å². The molecule has 1 aromatic rings. The van der Waals surface area contributed by atoms with Crippen LogP contribution in [0.3, 0.4) is 0 Å². The molecule has 3 rings (SSSR count). The first kappa shape index (κ1) is 17.3. The van der Waals surface area contributed by atoms with Gasteiger partial charge in [0.1, 0.15) is 0 Å². The molecule has 2 saturated heterocycles. The Morgan fingerprint density at radius 1 is 1.38 bits per heavy atom. The first-order valence-electron chi connectivity index (χ1n) is 8.50. The van der Waals surface area contributed by atoms with Crippen LogP contribution in [0.4, 0.5) is 0 Å². The van der Waals surface area contributed by atoms with E-state index in [2.05, 4.69) is 10.6 Å². The van der Waals surface area contributed by atoms with Gasteiger partial charge in [0.05, 0.1) is 11.9 Å². The summed E-state index contributed by atoms with van der Waals surface area (Å²) < 4.78 is 0. The normalized spacial score (nSPS) is 23.5. The van der Waals surface area contributed by atoms with Crippen LogP contribution in [0.25, 0.3) is 0 Å². The Bertz CT molecular complexity index is 629. The monoisotopic (exact) mass is 347 g/mol. The van der Waals surface area contributed by atoms with Gasteiger partial charge in [0.15, 0.2) is 0 Å². The van der Waals surface area contributed by atoms with Crippen molar-refractivity contribution >= 4 is 23.6 Å². The largest absolute Gasteiger partial charge is 0.352 e. The maximum Gasteiger partial charge on any atom is 0.251 e. The second-order valence-corrected chi connectivity index (χ2v) is 7.80. The highest BCUT2D eigenvalue weighted by atomic mass is 32.2. The summed E-state index contributed by atoms with van der Waals surface area (Å²) in [4.78, 5) is 26.7. The standard InChI is InChI=1S/C18H25N3O2S/c1-12-3-4-13(2)15(7-12)17(22)20-10-14-8-16(19-9-14)18(23)21-5-6-24-11-21/h3-4,7,14,16,19H,5-6,8-11H2,1-2H3,(H,20,22)/t14-,16-/m0/s1. The minimum Gasteiger partial charge on any atom is -0.352 e. The van der Waals surface area contributed by atoms with Crippen LogP contribution in [0.1, 0.15) is 27.9 Å². The molecule has 2 fully saturated rings. The van der Waals surface area contributed by atoms with Crippen molar-refractivity contribution in [1.29, 1.82) is 0 Å². The molecular formula is C18H25N3O2S. The zero-order valence-electron chi connectivity index (χ0n) is 14.3. The first-order valence-corrected chi connectivity index (χ1v) is 9.65. The number of nitrogens with zero attached hydrogens (tertiary/aromatic N) is 1. The number of thioether (sulfide) groups is 1. The van der Waals surface area contributed by atoms with Gasteiger partial charge in [-0.2, -0.15) is 0 Å². The molecule has 0 aliphatic carbocycles. The van der Waals surface area contributed by atoms with Crippen LogP contribution in [0.2, 0.25) is 0 Å². The van der Waals surface area contributed by atoms with Crippen molar-refractivity contribution < 1.29 is 9.59 Å². The van der Waals surface area contributed by atoms with Crippen molar-refractivity contribution in [3.63, 3.8) is 0 Å². The summed E-state index contributed by atoms with van der Waals surface area (Å²) in [7, 11) is 0. The molecule has 24 heavy (non-hydrogen) atoms. The van der Waals surface area contributed by atoms with E-state index in [0.29, 0.717) is 12.5 Å². The molecule has 0 radical (unpaired) electrons. The second kappa shape index (κ2) is 7.57. The number of rotatable bonds is 4. The maximum absolute atomic E-state index is 12.4. The third-order valence-corrected chi connectivity index (χ3v) is 5.74. The van der Waals surface area contributed by atoms with E-state index in [1.807, 2.05) is 36.9 Å². The van der Waals surface area contributed by atoms with Gasteiger partial charge in [-0.25, -0.2) is 0 Å². The number of hydrogen-bond donors (Lipinski definition) is 2. The van der Waals surface area contributed by atoms with Gasteiger partial charge in [0, 0.05) is 31.0 Å². The molecule has 2 amide bonds. The molecule has 0 bridgehead atoms. The van der Waals surface area contributed by atoms with Crippen molar-refractivity contribution in [2.75, 3.05) is 31.3 Å². The Labute approximate surface area is 147 Å². The van der Waals surface area contributed by atoms with Crippen LogP contribution >= 0.6 is 11.8 Å². The van der Waals surface area contributed by atoms with E-state index in [0.717, 1.165) is 47.8 Å². The van der Waals surface area contributed by atoms with Crippen LogP contribution in [0.15, 0.2) is 18.2 Å². The van der Waals surface area contributed by atoms with Gasteiger partial charge in [-0.3, -0.25) is 9.59 Å². The summed E-state index contributed by atoms with van der Waals surface area (Å²) in [6.07, 6.45) is 0.799. The first-order chi connectivity index (χ1) is 11.5. The Morgan fingerprint density at radius 3 is 2.96 bits per heavy atom. The van der Waals surface area contributed by atoms with Crippen LogP contribution in [-0.4, -0.2) is 54.0 Å². The SMILES string of the molecule is Cc1ccc(C)c(C(=O)NC[C@@H]2CN[C@H](C(=O)N3CCSC3)C2)c1. The van der Waals surface area contributed by atoms with Gasteiger partial charge in [0.2, 0.25) is 5.91 Å². The van der Waals surface area contributed by atoms with E-state index >= 15 is 0 Å². The van der Waals surface area contributed by atoms with Gasteiger partial charge in [0.25, 0.3) is 5.91 Å². The zero-order chi connectivity index (χ0) is 17.1. The number of hydrogen-bond acceptors (Lipinski definition) is 4. The molecule has 6 heteroatoms. The van der Waals surface area contributed by atoms with Crippen LogP contribution in [0, 0.1) is 19.8 Å². The van der Waals surface area contributed by atoms with E-state index < -0.39 is 0 Å². The van der Waals surface area contributed by atoms with Crippen LogP contribution < -0.4 is 10.6 Å². The summed E-state index contributed by atoms with van der Waals surface area (Å²) in [5, 5.41) is 6.35. The van der Waals surface area contributed by atoms with Crippen molar-refractivity contribution in [2.24, 2.45) is 5.92 Å². The van der Waals surface area contributed by atoms with Crippen molar-refractivity contribution in [3.05, 3.63) is 34.9 Å². The fourth-order valence-electron chi connectivity index (χ4n) is 3.27.